The highest BCUT2D eigenvalue weighted by Gasteiger charge is 2.32. The second-order valence-corrected chi connectivity index (χ2v) is 5.92. The van der Waals surface area contributed by atoms with Crippen LogP contribution < -0.4 is 0 Å². The van der Waals surface area contributed by atoms with Crippen LogP contribution in [-0.2, 0) is 14.3 Å². The highest BCUT2D eigenvalue weighted by atomic mass is 19.3. The van der Waals surface area contributed by atoms with Crippen molar-refractivity contribution in [2.45, 2.75) is 46.1 Å². The van der Waals surface area contributed by atoms with Crippen LogP contribution in [0.4, 0.5) is 13.6 Å². The van der Waals surface area contributed by atoms with E-state index in [4.69, 9.17) is 9.47 Å². The Morgan fingerprint density at radius 1 is 1.39 bits per heavy atom. The first-order chi connectivity index (χ1) is 10.6. The van der Waals surface area contributed by atoms with Gasteiger partial charge >= 0.3 is 12.1 Å². The fourth-order valence-electron chi connectivity index (χ4n) is 1.94. The number of carbonyl (C=O) groups excluding carboxylic acids is 2. The maximum atomic E-state index is 13.0. The molecule has 0 heterocycles. The number of ether oxygens (including phenoxy) is 2. The van der Waals surface area contributed by atoms with Gasteiger partial charge in [-0.3, -0.25) is 0 Å². The summed E-state index contributed by atoms with van der Waals surface area (Å²) >= 11 is 0. The maximum absolute atomic E-state index is 13.0. The molecule has 0 bridgehead atoms. The highest BCUT2D eigenvalue weighted by Crippen LogP contribution is 2.32. The van der Waals surface area contributed by atoms with Gasteiger partial charge in [0.1, 0.15) is 11.5 Å². The maximum Gasteiger partial charge on any atom is 0.728 e. The van der Waals surface area contributed by atoms with Crippen molar-refractivity contribution in [1.29, 1.82) is 0 Å². The quantitative estimate of drug-likeness (QED) is 0.709. The fourth-order valence-corrected chi connectivity index (χ4v) is 1.94. The summed E-state index contributed by atoms with van der Waals surface area (Å²) in [5.41, 5.74) is -0.687. The molecule has 0 aliphatic heterocycles. The van der Waals surface area contributed by atoms with Crippen LogP contribution in [0.5, 0.6) is 0 Å². The van der Waals surface area contributed by atoms with Crippen molar-refractivity contribution in [2.75, 3.05) is 6.61 Å². The van der Waals surface area contributed by atoms with Gasteiger partial charge in [-0.05, 0) is 34.1 Å². The molecule has 126 valence electrons. The predicted molar refractivity (Wildman–Crippen MR) is 80.2 cm³/mol. The lowest BCUT2D eigenvalue weighted by atomic mass is 9.86. The molecule has 1 unspecified atom stereocenters. The zero-order valence-electron chi connectivity index (χ0n) is 13.6. The minimum atomic E-state index is -1.86. The Labute approximate surface area is 133 Å². The summed E-state index contributed by atoms with van der Waals surface area (Å²) in [4.78, 5) is 26.7. The minimum absolute atomic E-state index is 0.0438. The van der Waals surface area contributed by atoms with Crippen LogP contribution in [0.3, 0.4) is 0 Å². The van der Waals surface area contributed by atoms with Gasteiger partial charge in [-0.1, -0.05) is 6.08 Å². The molecule has 1 atom stereocenters. The summed E-state index contributed by atoms with van der Waals surface area (Å²) < 4.78 is 35.8. The Morgan fingerprint density at radius 2 is 2.04 bits per heavy atom. The number of rotatable bonds is 2. The molecule has 0 spiro atoms. The van der Waals surface area contributed by atoms with Gasteiger partial charge in [0.15, 0.2) is 0 Å². The third kappa shape index (κ3) is 6.19. The van der Waals surface area contributed by atoms with E-state index in [1.54, 1.807) is 27.7 Å². The van der Waals surface area contributed by atoms with Gasteiger partial charge in [-0.15, -0.1) is 0 Å². The molecule has 5 nitrogen and oxygen atoms in total. The average Bonchev–Trinajstić information content (AvgIpc) is 2.43. The smallest absolute Gasteiger partial charge is 0.463 e. The van der Waals surface area contributed by atoms with Crippen LogP contribution in [0, 0.1) is 12.0 Å². The van der Waals surface area contributed by atoms with E-state index >= 15 is 0 Å². The van der Waals surface area contributed by atoms with E-state index < -0.39 is 29.7 Å². The largest absolute Gasteiger partial charge is 0.728 e. The second kappa shape index (κ2) is 7.86. The first-order valence-corrected chi connectivity index (χ1v) is 7.23. The molecule has 0 radical (unpaired) electrons. The van der Waals surface area contributed by atoms with Crippen LogP contribution in [0.2, 0.25) is 0 Å². The van der Waals surface area contributed by atoms with Crippen molar-refractivity contribution in [3.05, 3.63) is 28.1 Å². The number of amides is 1. The number of esters is 1. The molecule has 0 saturated heterocycles. The topological polar surface area (TPSA) is 57.0 Å². The normalized spacial score (nSPS) is 17.6. The predicted octanol–water partition coefficient (Wildman–Crippen LogP) is 4.30. The Hall–Kier alpha value is -2.23. The molecule has 0 aromatic carbocycles. The summed E-state index contributed by atoms with van der Waals surface area (Å²) in [7, 11) is 0. The third-order valence-corrected chi connectivity index (χ3v) is 2.90. The first kappa shape index (κ1) is 18.8. The van der Waals surface area contributed by atoms with Crippen molar-refractivity contribution in [3.63, 3.8) is 0 Å². The Kier molecular flexibility index (Phi) is 6.43. The fraction of sp³-hybridized carbons (Fsp3) is 0.562. The number of allylic oxidation sites excluding steroid dienone is 2. The molecule has 0 fully saturated rings. The molecule has 7 heteroatoms. The van der Waals surface area contributed by atoms with Gasteiger partial charge in [0.25, 0.3) is 12.1 Å². The van der Waals surface area contributed by atoms with Gasteiger partial charge in [0, 0.05) is 17.6 Å². The van der Waals surface area contributed by atoms with Crippen molar-refractivity contribution in [2.24, 2.45) is 5.92 Å². The first-order valence-electron chi connectivity index (χ1n) is 7.23. The number of hydrogen-bond acceptors (Lipinski definition) is 4. The van der Waals surface area contributed by atoms with Gasteiger partial charge in [0.2, 0.25) is 0 Å². The summed E-state index contributed by atoms with van der Waals surface area (Å²) in [6, 6.07) is 2.37. The highest BCUT2D eigenvalue weighted by molar-refractivity contribution is 5.89. The lowest BCUT2D eigenvalue weighted by Gasteiger charge is -2.17. The summed E-state index contributed by atoms with van der Waals surface area (Å²) in [6.45, 7) is 6.83. The average molecular weight is 328 g/mol. The van der Waals surface area contributed by atoms with Crippen LogP contribution in [0.1, 0.15) is 40.5 Å². The van der Waals surface area contributed by atoms with Gasteiger partial charge in [-0.25, -0.2) is 4.79 Å². The monoisotopic (exact) mass is 328 g/mol. The lowest BCUT2D eigenvalue weighted by molar-refractivity contribution is -0.138. The van der Waals surface area contributed by atoms with Gasteiger partial charge in [0.05, 0.1) is 11.5 Å². The van der Waals surface area contributed by atoms with E-state index in [2.05, 4.69) is 10.9 Å². The van der Waals surface area contributed by atoms with Crippen molar-refractivity contribution in [1.82, 2.24) is 0 Å². The van der Waals surface area contributed by atoms with E-state index in [-0.39, 0.29) is 30.6 Å². The third-order valence-electron chi connectivity index (χ3n) is 2.90. The molecule has 0 N–H and O–H groups in total. The lowest BCUT2D eigenvalue weighted by Crippen LogP contribution is -2.21. The zero-order valence-corrected chi connectivity index (χ0v) is 13.6. The number of nitrogens with zero attached hydrogens (tertiary/aromatic N) is 1. The molecular weight excluding hydrogens is 308 g/mol. The van der Waals surface area contributed by atoms with Gasteiger partial charge < -0.3 is 9.47 Å². The zero-order chi connectivity index (χ0) is 17.6. The molecule has 1 aliphatic rings. The van der Waals surface area contributed by atoms with E-state index in [9.17, 15) is 18.4 Å². The summed E-state index contributed by atoms with van der Waals surface area (Å²) in [6.07, 6.45) is -1.53. The standard InChI is InChI=1S/C16H20F2NO4/c1-5-22-14(20)10-6-7-12(13(17)18)11(8-10)9-19-15(21)23-16(2,3)4/h6,11H,5,7-8H2,1-4H3/q+1. The Morgan fingerprint density at radius 3 is 2.57 bits per heavy atom. The van der Waals surface area contributed by atoms with E-state index in [1.165, 1.54) is 6.08 Å². The van der Waals surface area contributed by atoms with Crippen LogP contribution in [-0.4, -0.2) is 24.3 Å². The molecular formula is C16H20F2NO4+. The summed E-state index contributed by atoms with van der Waals surface area (Å²) in [5.74, 6) is -1.52. The van der Waals surface area contributed by atoms with E-state index in [1.807, 2.05) is 0 Å². The molecule has 1 amide bonds. The molecule has 1 aliphatic carbocycles. The number of carbonyl (C=O) groups is 2. The summed E-state index contributed by atoms with van der Waals surface area (Å²) in [5, 5.41) is 0. The molecule has 23 heavy (non-hydrogen) atoms. The second-order valence-electron chi connectivity index (χ2n) is 5.92. The Bertz CT molecular complexity index is 602. The van der Waals surface area contributed by atoms with E-state index in [0.717, 1.165) is 0 Å². The van der Waals surface area contributed by atoms with Gasteiger partial charge in [-0.2, -0.15) is 13.6 Å². The number of halogens is 2. The van der Waals surface area contributed by atoms with E-state index in [0.29, 0.717) is 0 Å². The van der Waals surface area contributed by atoms with Crippen LogP contribution in [0.15, 0.2) is 23.3 Å². The van der Waals surface area contributed by atoms with Crippen molar-refractivity contribution in [3.8, 4) is 6.07 Å². The molecule has 0 aromatic rings. The SMILES string of the molecule is CCOC(=O)C1=CCC(=C(F)F)C(C#[N+]C(=O)OC(C)(C)C)C1. The molecule has 1 rings (SSSR count). The Balaban J connectivity index is 2.94. The molecule has 0 saturated carbocycles. The van der Waals surface area contributed by atoms with Crippen molar-refractivity contribution >= 4 is 12.1 Å². The minimum Gasteiger partial charge on any atom is -0.463 e. The van der Waals surface area contributed by atoms with Crippen molar-refractivity contribution < 1.29 is 27.8 Å². The van der Waals surface area contributed by atoms with Crippen LogP contribution in [0.25, 0.3) is 4.85 Å². The molecule has 0 aromatic heterocycles. The number of hydrogen-bond donors (Lipinski definition) is 0. The van der Waals surface area contributed by atoms with Crippen LogP contribution >= 0.6 is 0 Å².